The lowest BCUT2D eigenvalue weighted by Crippen LogP contribution is -2.37. The summed E-state index contributed by atoms with van der Waals surface area (Å²) < 4.78 is 7.59. The highest BCUT2D eigenvalue weighted by Crippen LogP contribution is 2.14. The number of guanidine groups is 1. The van der Waals surface area contributed by atoms with Gasteiger partial charge in [0.25, 0.3) is 0 Å². The van der Waals surface area contributed by atoms with Crippen LogP contribution in [0.4, 0.5) is 0 Å². The smallest absolute Gasteiger partial charge is 0.218 e. The number of aliphatic imine (C=N–C) groups is 1. The van der Waals surface area contributed by atoms with Gasteiger partial charge in [-0.05, 0) is 25.0 Å². The zero-order valence-corrected chi connectivity index (χ0v) is 14.4. The number of nitrogens with one attached hydrogen (secondary N) is 2. The van der Waals surface area contributed by atoms with Gasteiger partial charge >= 0.3 is 0 Å². The topological polar surface area (TPSA) is 76.4 Å². The molecule has 0 fully saturated rings. The lowest BCUT2D eigenvalue weighted by Gasteiger charge is -2.14. The Kier molecular flexibility index (Phi) is 7.59. The van der Waals surface area contributed by atoms with Crippen molar-refractivity contribution in [3.05, 3.63) is 42.4 Å². The molecule has 7 nitrogen and oxygen atoms in total. The summed E-state index contributed by atoms with van der Waals surface area (Å²) in [6.45, 7) is 5.08. The van der Waals surface area contributed by atoms with Crippen molar-refractivity contribution in [1.29, 1.82) is 0 Å². The molecular formula is C17H26N6O. The Morgan fingerprint density at radius 1 is 1.29 bits per heavy atom. The SMILES string of the molecule is CCCOc1ncccc1CNC(=NC)NCCCn1cccn1. The van der Waals surface area contributed by atoms with Gasteiger partial charge in [-0.15, -0.1) is 0 Å². The van der Waals surface area contributed by atoms with Crippen LogP contribution in [-0.4, -0.2) is 40.9 Å². The largest absolute Gasteiger partial charge is 0.477 e. The van der Waals surface area contributed by atoms with Gasteiger partial charge in [-0.2, -0.15) is 5.10 Å². The van der Waals surface area contributed by atoms with E-state index in [2.05, 4.69) is 32.6 Å². The van der Waals surface area contributed by atoms with Gasteiger partial charge in [0.1, 0.15) is 0 Å². The van der Waals surface area contributed by atoms with E-state index >= 15 is 0 Å². The Bertz CT molecular complexity index is 611. The van der Waals surface area contributed by atoms with E-state index in [0.29, 0.717) is 19.0 Å². The quantitative estimate of drug-likeness (QED) is 0.417. The molecule has 2 heterocycles. The highest BCUT2D eigenvalue weighted by atomic mass is 16.5. The lowest BCUT2D eigenvalue weighted by atomic mass is 10.2. The van der Waals surface area contributed by atoms with Gasteiger partial charge in [0.2, 0.25) is 5.88 Å². The van der Waals surface area contributed by atoms with E-state index in [4.69, 9.17) is 4.74 Å². The summed E-state index contributed by atoms with van der Waals surface area (Å²) >= 11 is 0. The molecule has 2 N–H and O–H groups in total. The molecule has 0 aliphatic heterocycles. The van der Waals surface area contributed by atoms with Gasteiger partial charge in [0.15, 0.2) is 5.96 Å². The second-order valence-electron chi connectivity index (χ2n) is 5.29. The molecule has 0 spiro atoms. The second kappa shape index (κ2) is 10.3. The van der Waals surface area contributed by atoms with Crippen LogP contribution in [0.2, 0.25) is 0 Å². The molecule has 2 rings (SSSR count). The van der Waals surface area contributed by atoms with E-state index in [1.54, 1.807) is 19.4 Å². The van der Waals surface area contributed by atoms with Crippen LogP contribution in [0.1, 0.15) is 25.3 Å². The zero-order valence-electron chi connectivity index (χ0n) is 14.4. The molecule has 0 radical (unpaired) electrons. The summed E-state index contributed by atoms with van der Waals surface area (Å²) in [6.07, 6.45) is 7.44. The van der Waals surface area contributed by atoms with Gasteiger partial charge < -0.3 is 15.4 Å². The van der Waals surface area contributed by atoms with Gasteiger partial charge in [-0.3, -0.25) is 9.67 Å². The summed E-state index contributed by atoms with van der Waals surface area (Å²) in [5, 5.41) is 10.8. The average Bonchev–Trinajstić information content (AvgIpc) is 3.13. The van der Waals surface area contributed by atoms with Gasteiger partial charge in [-0.1, -0.05) is 13.0 Å². The van der Waals surface area contributed by atoms with Crippen molar-refractivity contribution >= 4 is 5.96 Å². The number of aromatic nitrogens is 3. The van der Waals surface area contributed by atoms with Crippen molar-refractivity contribution in [2.75, 3.05) is 20.2 Å². The Hall–Kier alpha value is -2.57. The molecule has 0 aromatic carbocycles. The van der Waals surface area contributed by atoms with Crippen LogP contribution >= 0.6 is 0 Å². The normalized spacial score (nSPS) is 11.3. The van der Waals surface area contributed by atoms with Crippen molar-refractivity contribution in [1.82, 2.24) is 25.4 Å². The number of nitrogens with zero attached hydrogens (tertiary/aromatic N) is 4. The molecule has 0 aliphatic carbocycles. The third kappa shape index (κ3) is 5.91. The minimum Gasteiger partial charge on any atom is -0.477 e. The van der Waals surface area contributed by atoms with Gasteiger partial charge in [-0.25, -0.2) is 4.98 Å². The van der Waals surface area contributed by atoms with E-state index < -0.39 is 0 Å². The molecule has 0 atom stereocenters. The van der Waals surface area contributed by atoms with Crippen molar-refractivity contribution in [2.24, 2.45) is 4.99 Å². The molecule has 0 saturated carbocycles. The minimum atomic E-state index is 0.617. The minimum absolute atomic E-state index is 0.617. The molecule has 0 bridgehead atoms. The number of hydrogen-bond acceptors (Lipinski definition) is 4. The van der Waals surface area contributed by atoms with Crippen LogP contribution in [-0.2, 0) is 13.1 Å². The Balaban J connectivity index is 1.75. The fraction of sp³-hybridized carbons (Fsp3) is 0.471. The van der Waals surface area contributed by atoms with Crippen molar-refractivity contribution in [3.8, 4) is 5.88 Å². The molecule has 0 amide bonds. The first-order valence-corrected chi connectivity index (χ1v) is 8.32. The second-order valence-corrected chi connectivity index (χ2v) is 5.29. The van der Waals surface area contributed by atoms with E-state index in [1.807, 2.05) is 29.1 Å². The van der Waals surface area contributed by atoms with Crippen molar-refractivity contribution in [2.45, 2.75) is 32.9 Å². The maximum absolute atomic E-state index is 5.67. The number of pyridine rings is 1. The highest BCUT2D eigenvalue weighted by molar-refractivity contribution is 5.79. The maximum Gasteiger partial charge on any atom is 0.218 e. The number of ether oxygens (including phenoxy) is 1. The van der Waals surface area contributed by atoms with Crippen LogP contribution < -0.4 is 15.4 Å². The van der Waals surface area contributed by atoms with Crippen LogP contribution in [0.25, 0.3) is 0 Å². The summed E-state index contributed by atoms with van der Waals surface area (Å²) in [5.74, 6) is 1.45. The van der Waals surface area contributed by atoms with E-state index in [1.165, 1.54) is 0 Å². The van der Waals surface area contributed by atoms with E-state index in [-0.39, 0.29) is 0 Å². The van der Waals surface area contributed by atoms with Crippen LogP contribution in [0.3, 0.4) is 0 Å². The van der Waals surface area contributed by atoms with E-state index in [9.17, 15) is 0 Å². The van der Waals surface area contributed by atoms with E-state index in [0.717, 1.165) is 37.5 Å². The number of rotatable bonds is 9. The van der Waals surface area contributed by atoms with Crippen LogP contribution in [0, 0.1) is 0 Å². The average molecular weight is 330 g/mol. The molecule has 0 aliphatic rings. The van der Waals surface area contributed by atoms with Crippen LogP contribution in [0.15, 0.2) is 41.8 Å². The van der Waals surface area contributed by atoms with Crippen molar-refractivity contribution in [3.63, 3.8) is 0 Å². The predicted molar refractivity (Wildman–Crippen MR) is 95.1 cm³/mol. The molecule has 7 heteroatoms. The first-order chi connectivity index (χ1) is 11.8. The summed E-state index contributed by atoms with van der Waals surface area (Å²) in [5.41, 5.74) is 1.02. The van der Waals surface area contributed by atoms with Gasteiger partial charge in [0, 0.05) is 50.8 Å². The Labute approximate surface area is 143 Å². The lowest BCUT2D eigenvalue weighted by molar-refractivity contribution is 0.301. The fourth-order valence-electron chi connectivity index (χ4n) is 2.17. The Morgan fingerprint density at radius 3 is 2.96 bits per heavy atom. The molecule has 2 aromatic rings. The van der Waals surface area contributed by atoms with Crippen LogP contribution in [0.5, 0.6) is 5.88 Å². The highest BCUT2D eigenvalue weighted by Gasteiger charge is 2.05. The van der Waals surface area contributed by atoms with Crippen molar-refractivity contribution < 1.29 is 4.74 Å². The third-order valence-corrected chi connectivity index (χ3v) is 3.38. The molecule has 0 saturated heterocycles. The molecule has 24 heavy (non-hydrogen) atoms. The molecule has 130 valence electrons. The fourth-order valence-corrected chi connectivity index (χ4v) is 2.17. The summed E-state index contributed by atoms with van der Waals surface area (Å²) in [6, 6.07) is 5.85. The Morgan fingerprint density at radius 2 is 2.21 bits per heavy atom. The number of hydrogen-bond donors (Lipinski definition) is 2. The standard InChI is InChI=1S/C17H26N6O/c1-3-13-24-16-15(7-4-8-19-16)14-21-17(18-2)20-9-5-11-23-12-6-10-22-23/h4,6-8,10,12H,3,5,9,11,13-14H2,1-2H3,(H2,18,20,21). The first-order valence-electron chi connectivity index (χ1n) is 8.32. The van der Waals surface area contributed by atoms with Gasteiger partial charge in [0.05, 0.1) is 6.61 Å². The molecule has 2 aromatic heterocycles. The maximum atomic E-state index is 5.67. The predicted octanol–water partition coefficient (Wildman–Crippen LogP) is 1.82. The summed E-state index contributed by atoms with van der Waals surface area (Å²) in [4.78, 5) is 8.53. The first kappa shape index (κ1) is 17.8. The monoisotopic (exact) mass is 330 g/mol. The molecular weight excluding hydrogens is 304 g/mol. The molecule has 0 unspecified atom stereocenters. The zero-order chi connectivity index (χ0) is 17.0. The summed E-state index contributed by atoms with van der Waals surface area (Å²) in [7, 11) is 1.76. The number of aryl methyl sites for hydroxylation is 1. The third-order valence-electron chi connectivity index (χ3n) is 3.38.